The van der Waals surface area contributed by atoms with E-state index in [1.54, 1.807) is 34.1 Å². The number of allylic oxidation sites excluding steroid dienone is 1. The standard InChI is InChI=1S/C26H21ClN4O2/c1-2-13-30-20-10-4-3-9-18(20)26(25(30)33)19(15-28)24(29)31(17-8-5-7-16(27)14-17)21-11-6-12-22(32)23(21)26/h2-5,7-10,14H,1,6,11-13,29H2. The highest BCUT2D eigenvalue weighted by Crippen LogP contribution is 2.56. The predicted molar refractivity (Wildman–Crippen MR) is 127 cm³/mol. The molecule has 7 heteroatoms. The van der Waals surface area contributed by atoms with E-state index >= 15 is 0 Å². The quantitative estimate of drug-likeness (QED) is 0.694. The van der Waals surface area contributed by atoms with Crippen molar-refractivity contribution < 1.29 is 9.59 Å². The van der Waals surface area contributed by atoms with Gasteiger partial charge in [-0.15, -0.1) is 6.58 Å². The highest BCUT2D eigenvalue weighted by atomic mass is 35.5. The van der Waals surface area contributed by atoms with Crippen LogP contribution in [0.25, 0.3) is 0 Å². The molecule has 1 atom stereocenters. The maximum atomic E-state index is 14.2. The molecule has 3 aliphatic rings. The van der Waals surface area contributed by atoms with E-state index in [9.17, 15) is 14.9 Å². The van der Waals surface area contributed by atoms with E-state index in [0.29, 0.717) is 52.5 Å². The first-order valence-corrected chi connectivity index (χ1v) is 11.1. The normalized spacial score (nSPS) is 21.9. The number of Topliss-reactive ketones (excluding diaryl/α,β-unsaturated/α-hetero) is 1. The molecule has 1 unspecified atom stereocenters. The Bertz CT molecular complexity index is 1340. The van der Waals surface area contributed by atoms with Gasteiger partial charge in [0.2, 0.25) is 5.91 Å². The first kappa shape index (κ1) is 21.0. The molecule has 2 aliphatic heterocycles. The van der Waals surface area contributed by atoms with Crippen molar-refractivity contribution in [3.8, 4) is 6.07 Å². The number of para-hydroxylation sites is 1. The van der Waals surface area contributed by atoms with E-state index in [2.05, 4.69) is 12.6 Å². The van der Waals surface area contributed by atoms with Gasteiger partial charge < -0.3 is 10.6 Å². The van der Waals surface area contributed by atoms with Crippen molar-refractivity contribution in [1.82, 2.24) is 0 Å². The van der Waals surface area contributed by atoms with Crippen LogP contribution in [0.2, 0.25) is 5.02 Å². The van der Waals surface area contributed by atoms with Gasteiger partial charge in [-0.2, -0.15) is 5.26 Å². The molecule has 2 aromatic rings. The summed E-state index contributed by atoms with van der Waals surface area (Å²) in [5, 5.41) is 10.9. The summed E-state index contributed by atoms with van der Waals surface area (Å²) in [7, 11) is 0. The van der Waals surface area contributed by atoms with Gasteiger partial charge in [-0.3, -0.25) is 14.5 Å². The molecule has 0 saturated carbocycles. The smallest absolute Gasteiger partial charge is 0.248 e. The molecular formula is C26H21ClN4O2. The fraction of sp³-hybridized carbons (Fsp3) is 0.192. The SMILES string of the molecule is C=CCN1C(=O)C2(C(C#N)=C(N)N(c3cccc(Cl)c3)C3=C2C(=O)CCC3)c2ccccc21. The molecule has 0 fully saturated rings. The van der Waals surface area contributed by atoms with E-state index in [1.165, 1.54) is 0 Å². The van der Waals surface area contributed by atoms with E-state index in [1.807, 2.05) is 30.3 Å². The molecule has 1 aliphatic carbocycles. The third-order valence-corrected chi connectivity index (χ3v) is 6.79. The van der Waals surface area contributed by atoms with Gasteiger partial charge in [0.05, 0.1) is 5.57 Å². The monoisotopic (exact) mass is 456 g/mol. The Kier molecular flexibility index (Phi) is 4.88. The van der Waals surface area contributed by atoms with Crippen LogP contribution in [0.1, 0.15) is 24.8 Å². The maximum absolute atomic E-state index is 14.2. The Morgan fingerprint density at radius 1 is 1.18 bits per heavy atom. The molecular weight excluding hydrogens is 436 g/mol. The number of benzene rings is 2. The minimum Gasteiger partial charge on any atom is -0.384 e. The number of halogens is 1. The lowest BCUT2D eigenvalue weighted by Crippen LogP contribution is -2.52. The highest BCUT2D eigenvalue weighted by Gasteiger charge is 2.62. The Hall–Kier alpha value is -3.82. The van der Waals surface area contributed by atoms with E-state index in [0.717, 1.165) is 0 Å². The molecule has 1 spiro atoms. The van der Waals surface area contributed by atoms with Crippen LogP contribution in [0.15, 0.2) is 83.9 Å². The lowest BCUT2D eigenvalue weighted by Gasteiger charge is -2.43. The summed E-state index contributed by atoms with van der Waals surface area (Å²) < 4.78 is 0. The van der Waals surface area contributed by atoms with Gasteiger partial charge in [-0.1, -0.05) is 41.9 Å². The van der Waals surface area contributed by atoms with Gasteiger partial charge in [0.25, 0.3) is 0 Å². The molecule has 33 heavy (non-hydrogen) atoms. The molecule has 2 N–H and O–H groups in total. The topological polar surface area (TPSA) is 90.4 Å². The minimum atomic E-state index is -1.57. The number of anilines is 2. The van der Waals surface area contributed by atoms with Crippen LogP contribution in [0.3, 0.4) is 0 Å². The highest BCUT2D eigenvalue weighted by molar-refractivity contribution is 6.31. The molecule has 0 bridgehead atoms. The molecule has 164 valence electrons. The zero-order valence-corrected chi connectivity index (χ0v) is 18.6. The summed E-state index contributed by atoms with van der Waals surface area (Å²) in [6.45, 7) is 4.04. The van der Waals surface area contributed by atoms with Crippen molar-refractivity contribution in [3.63, 3.8) is 0 Å². The summed E-state index contributed by atoms with van der Waals surface area (Å²) in [5.74, 6) is -0.361. The number of amides is 1. The van der Waals surface area contributed by atoms with Gasteiger partial charge in [0.1, 0.15) is 17.3 Å². The second-order valence-electron chi connectivity index (χ2n) is 8.26. The molecule has 5 rings (SSSR count). The molecule has 2 aromatic carbocycles. The first-order valence-electron chi connectivity index (χ1n) is 10.7. The van der Waals surface area contributed by atoms with Crippen molar-refractivity contribution in [1.29, 1.82) is 5.26 Å². The third-order valence-electron chi connectivity index (χ3n) is 6.56. The number of ketones is 1. The molecule has 2 heterocycles. The van der Waals surface area contributed by atoms with Crippen LogP contribution in [-0.4, -0.2) is 18.2 Å². The fourth-order valence-corrected chi connectivity index (χ4v) is 5.53. The second kappa shape index (κ2) is 7.65. The van der Waals surface area contributed by atoms with Crippen LogP contribution in [0.4, 0.5) is 11.4 Å². The van der Waals surface area contributed by atoms with Crippen molar-refractivity contribution in [3.05, 3.63) is 94.4 Å². The molecule has 0 aromatic heterocycles. The van der Waals surface area contributed by atoms with Crippen molar-refractivity contribution in [2.45, 2.75) is 24.7 Å². The van der Waals surface area contributed by atoms with Gasteiger partial charge >= 0.3 is 0 Å². The lowest BCUT2D eigenvalue weighted by molar-refractivity contribution is -0.124. The zero-order chi connectivity index (χ0) is 23.3. The zero-order valence-electron chi connectivity index (χ0n) is 17.8. The number of nitrogens with two attached hydrogens (primary N) is 1. The van der Waals surface area contributed by atoms with E-state index in [4.69, 9.17) is 17.3 Å². The van der Waals surface area contributed by atoms with Crippen molar-refractivity contribution in [2.75, 3.05) is 16.3 Å². The number of nitrogens with zero attached hydrogens (tertiary/aromatic N) is 3. The number of hydrogen-bond donors (Lipinski definition) is 1. The largest absolute Gasteiger partial charge is 0.384 e. The number of nitriles is 1. The minimum absolute atomic E-state index is 0.0560. The average molecular weight is 457 g/mol. The van der Waals surface area contributed by atoms with Crippen LogP contribution in [0, 0.1) is 11.3 Å². The second-order valence-corrected chi connectivity index (χ2v) is 8.69. The summed E-state index contributed by atoms with van der Waals surface area (Å²) in [6.07, 6.45) is 3.11. The van der Waals surface area contributed by atoms with Crippen LogP contribution in [-0.2, 0) is 15.0 Å². The number of carbonyl (C=O) groups is 2. The molecule has 0 radical (unpaired) electrons. The number of fused-ring (bicyclic) bond motifs is 3. The summed E-state index contributed by atoms with van der Waals surface area (Å²) >= 11 is 6.25. The van der Waals surface area contributed by atoms with Gasteiger partial charge in [0, 0.05) is 46.2 Å². The number of hydrogen-bond acceptors (Lipinski definition) is 5. The van der Waals surface area contributed by atoms with Crippen LogP contribution < -0.4 is 15.5 Å². The van der Waals surface area contributed by atoms with E-state index in [-0.39, 0.29) is 29.6 Å². The summed E-state index contributed by atoms with van der Waals surface area (Å²) in [4.78, 5) is 31.0. The predicted octanol–water partition coefficient (Wildman–Crippen LogP) is 4.33. The summed E-state index contributed by atoms with van der Waals surface area (Å²) in [5.41, 5.74) is 8.04. The molecule has 6 nitrogen and oxygen atoms in total. The van der Waals surface area contributed by atoms with Gasteiger partial charge in [-0.05, 0) is 37.1 Å². The maximum Gasteiger partial charge on any atom is 0.248 e. The number of rotatable bonds is 3. The average Bonchev–Trinajstić information content (AvgIpc) is 3.04. The third kappa shape index (κ3) is 2.73. The Balaban J connectivity index is 1.89. The van der Waals surface area contributed by atoms with Crippen molar-refractivity contribution >= 4 is 34.7 Å². The Morgan fingerprint density at radius 3 is 2.70 bits per heavy atom. The first-order chi connectivity index (χ1) is 16.0. The van der Waals surface area contributed by atoms with E-state index < -0.39 is 5.41 Å². The fourth-order valence-electron chi connectivity index (χ4n) is 5.35. The Morgan fingerprint density at radius 2 is 1.97 bits per heavy atom. The van der Waals surface area contributed by atoms with Crippen LogP contribution >= 0.6 is 11.6 Å². The Labute approximate surface area is 196 Å². The van der Waals surface area contributed by atoms with Gasteiger partial charge in [-0.25, -0.2) is 0 Å². The van der Waals surface area contributed by atoms with Crippen LogP contribution in [0.5, 0.6) is 0 Å². The molecule has 1 amide bonds. The summed E-state index contributed by atoms with van der Waals surface area (Å²) in [6, 6.07) is 16.6. The number of carbonyl (C=O) groups excluding carboxylic acids is 2. The van der Waals surface area contributed by atoms with Crippen molar-refractivity contribution in [2.24, 2.45) is 5.73 Å². The lowest BCUT2D eigenvalue weighted by atomic mass is 9.64. The van der Waals surface area contributed by atoms with Gasteiger partial charge in [0.15, 0.2) is 5.78 Å². The molecule has 0 saturated heterocycles.